The number of nitrogens with one attached hydrogen (secondary N) is 1. The third-order valence-electron chi connectivity index (χ3n) is 1.92. The predicted molar refractivity (Wildman–Crippen MR) is 58.6 cm³/mol. The van der Waals surface area contributed by atoms with Gasteiger partial charge in [0.25, 0.3) is 5.91 Å². The number of benzene rings is 1. The van der Waals surface area contributed by atoms with Gasteiger partial charge in [-0.05, 0) is 12.1 Å². The molecule has 0 bridgehead atoms. The minimum absolute atomic E-state index is 0.0543. The standard InChI is InChI=1S/C11H14F2N2O2/c12-9-5-8(6-10(13)7-9)11(16)15-2-4-17-3-1-14/h5-7H,1-4,14H2,(H,15,16). The number of nitrogens with two attached hydrogens (primary N) is 1. The summed E-state index contributed by atoms with van der Waals surface area (Å²) in [5.74, 6) is -2.11. The van der Waals surface area contributed by atoms with Gasteiger partial charge < -0.3 is 15.8 Å². The van der Waals surface area contributed by atoms with E-state index in [4.69, 9.17) is 10.5 Å². The normalized spacial score (nSPS) is 10.3. The van der Waals surface area contributed by atoms with Gasteiger partial charge in [-0.3, -0.25) is 4.79 Å². The van der Waals surface area contributed by atoms with Crippen molar-refractivity contribution in [2.45, 2.75) is 0 Å². The van der Waals surface area contributed by atoms with Gasteiger partial charge in [0.1, 0.15) is 11.6 Å². The molecule has 17 heavy (non-hydrogen) atoms. The molecule has 0 aliphatic carbocycles. The Bertz CT molecular complexity index is 365. The molecule has 0 aliphatic rings. The summed E-state index contributed by atoms with van der Waals surface area (Å²) in [5.41, 5.74) is 5.14. The zero-order valence-corrected chi connectivity index (χ0v) is 9.21. The summed E-state index contributed by atoms with van der Waals surface area (Å²) < 4.78 is 30.7. The molecule has 0 spiro atoms. The van der Waals surface area contributed by atoms with Crippen LogP contribution in [-0.4, -0.2) is 32.2 Å². The van der Waals surface area contributed by atoms with Crippen molar-refractivity contribution in [3.8, 4) is 0 Å². The predicted octanol–water partition coefficient (Wildman–Crippen LogP) is 0.670. The molecule has 94 valence electrons. The van der Waals surface area contributed by atoms with Crippen molar-refractivity contribution in [3.63, 3.8) is 0 Å². The van der Waals surface area contributed by atoms with Gasteiger partial charge in [0.15, 0.2) is 0 Å². The van der Waals surface area contributed by atoms with E-state index in [9.17, 15) is 13.6 Å². The Balaban J connectivity index is 2.41. The first-order valence-corrected chi connectivity index (χ1v) is 5.15. The van der Waals surface area contributed by atoms with Crippen molar-refractivity contribution in [1.82, 2.24) is 5.32 Å². The van der Waals surface area contributed by atoms with Crippen molar-refractivity contribution < 1.29 is 18.3 Å². The summed E-state index contributed by atoms with van der Waals surface area (Å²) in [7, 11) is 0. The Hall–Kier alpha value is -1.53. The smallest absolute Gasteiger partial charge is 0.251 e. The monoisotopic (exact) mass is 244 g/mol. The SMILES string of the molecule is NCCOCCNC(=O)c1cc(F)cc(F)c1. The van der Waals surface area contributed by atoms with E-state index < -0.39 is 17.5 Å². The molecular formula is C11H14F2N2O2. The Kier molecular flexibility index (Phi) is 5.51. The Labute approximate surface area is 97.8 Å². The average molecular weight is 244 g/mol. The van der Waals surface area contributed by atoms with E-state index in [-0.39, 0.29) is 12.1 Å². The summed E-state index contributed by atoms with van der Waals surface area (Å²) >= 11 is 0. The number of carbonyl (C=O) groups is 1. The molecule has 0 fully saturated rings. The number of amides is 1. The van der Waals surface area contributed by atoms with Crippen LogP contribution in [0.3, 0.4) is 0 Å². The lowest BCUT2D eigenvalue weighted by molar-refractivity contribution is 0.0919. The Morgan fingerprint density at radius 3 is 2.47 bits per heavy atom. The second-order valence-electron chi connectivity index (χ2n) is 3.32. The van der Waals surface area contributed by atoms with Gasteiger partial charge in [-0.25, -0.2) is 8.78 Å². The lowest BCUT2D eigenvalue weighted by Gasteiger charge is -2.06. The van der Waals surface area contributed by atoms with Crippen molar-refractivity contribution >= 4 is 5.91 Å². The van der Waals surface area contributed by atoms with Crippen LogP contribution in [0.5, 0.6) is 0 Å². The van der Waals surface area contributed by atoms with Gasteiger partial charge in [-0.15, -0.1) is 0 Å². The topological polar surface area (TPSA) is 64.3 Å². The summed E-state index contributed by atoms with van der Waals surface area (Å²) in [6.07, 6.45) is 0. The lowest BCUT2D eigenvalue weighted by Crippen LogP contribution is -2.28. The highest BCUT2D eigenvalue weighted by molar-refractivity contribution is 5.94. The van der Waals surface area contributed by atoms with Crippen LogP contribution in [0.25, 0.3) is 0 Å². The van der Waals surface area contributed by atoms with Crippen LogP contribution in [0.2, 0.25) is 0 Å². The quantitative estimate of drug-likeness (QED) is 0.723. The highest BCUT2D eigenvalue weighted by Gasteiger charge is 2.08. The fraction of sp³-hybridized carbons (Fsp3) is 0.364. The first-order chi connectivity index (χ1) is 8.13. The first-order valence-electron chi connectivity index (χ1n) is 5.15. The number of hydrogen-bond donors (Lipinski definition) is 2. The van der Waals surface area contributed by atoms with Gasteiger partial charge in [-0.2, -0.15) is 0 Å². The van der Waals surface area contributed by atoms with Gasteiger partial charge in [0.05, 0.1) is 13.2 Å². The fourth-order valence-corrected chi connectivity index (χ4v) is 1.21. The number of rotatable bonds is 6. The third kappa shape index (κ3) is 4.88. The number of carbonyl (C=O) groups excluding carboxylic acids is 1. The highest BCUT2D eigenvalue weighted by atomic mass is 19.1. The second kappa shape index (κ2) is 6.93. The van der Waals surface area contributed by atoms with E-state index >= 15 is 0 Å². The number of hydrogen-bond acceptors (Lipinski definition) is 3. The highest BCUT2D eigenvalue weighted by Crippen LogP contribution is 2.07. The van der Waals surface area contributed by atoms with Crippen molar-refractivity contribution in [3.05, 3.63) is 35.4 Å². The second-order valence-corrected chi connectivity index (χ2v) is 3.32. The first kappa shape index (κ1) is 13.5. The molecule has 0 radical (unpaired) electrons. The molecule has 0 saturated heterocycles. The number of ether oxygens (including phenoxy) is 1. The van der Waals surface area contributed by atoms with Crippen molar-refractivity contribution in [1.29, 1.82) is 0 Å². The van der Waals surface area contributed by atoms with Crippen LogP contribution in [0, 0.1) is 11.6 Å². The molecule has 1 rings (SSSR count). The Morgan fingerprint density at radius 2 is 1.88 bits per heavy atom. The molecule has 1 aromatic carbocycles. The molecule has 3 N–H and O–H groups in total. The summed E-state index contributed by atoms with van der Waals surface area (Å²) in [6, 6.07) is 2.65. The van der Waals surface area contributed by atoms with Crippen LogP contribution >= 0.6 is 0 Å². The van der Waals surface area contributed by atoms with Gasteiger partial charge >= 0.3 is 0 Å². The minimum atomic E-state index is -0.783. The van der Waals surface area contributed by atoms with Gasteiger partial charge in [0, 0.05) is 24.7 Å². The minimum Gasteiger partial charge on any atom is -0.378 e. The fourth-order valence-electron chi connectivity index (χ4n) is 1.21. The maximum absolute atomic E-state index is 12.8. The molecule has 4 nitrogen and oxygen atoms in total. The van der Waals surface area contributed by atoms with Crippen LogP contribution < -0.4 is 11.1 Å². The van der Waals surface area contributed by atoms with Crippen LogP contribution in [0.4, 0.5) is 8.78 Å². The Morgan fingerprint density at radius 1 is 1.24 bits per heavy atom. The van der Waals surface area contributed by atoms with Crippen LogP contribution in [0.15, 0.2) is 18.2 Å². The van der Waals surface area contributed by atoms with Crippen LogP contribution in [0.1, 0.15) is 10.4 Å². The van der Waals surface area contributed by atoms with Crippen molar-refractivity contribution in [2.75, 3.05) is 26.3 Å². The molecule has 6 heteroatoms. The van der Waals surface area contributed by atoms with Gasteiger partial charge in [0.2, 0.25) is 0 Å². The molecule has 0 unspecified atom stereocenters. The summed E-state index contributed by atoms with van der Waals surface area (Å²) in [6.45, 7) is 1.38. The zero-order valence-electron chi connectivity index (χ0n) is 9.21. The summed E-state index contributed by atoms with van der Waals surface area (Å²) in [4.78, 5) is 11.5. The molecule has 0 aromatic heterocycles. The van der Waals surface area contributed by atoms with Crippen LogP contribution in [-0.2, 0) is 4.74 Å². The van der Waals surface area contributed by atoms with Gasteiger partial charge in [-0.1, -0.05) is 0 Å². The van der Waals surface area contributed by atoms with E-state index in [1.807, 2.05) is 0 Å². The molecule has 0 saturated carbocycles. The molecule has 0 aliphatic heterocycles. The summed E-state index contributed by atoms with van der Waals surface area (Å²) in [5, 5.41) is 2.47. The molecular weight excluding hydrogens is 230 g/mol. The molecule has 1 amide bonds. The number of halogens is 2. The maximum atomic E-state index is 12.8. The van der Waals surface area contributed by atoms with E-state index in [2.05, 4.69) is 5.32 Å². The van der Waals surface area contributed by atoms with E-state index in [0.29, 0.717) is 25.8 Å². The third-order valence-corrected chi connectivity index (χ3v) is 1.92. The average Bonchev–Trinajstić information content (AvgIpc) is 2.27. The molecule has 0 heterocycles. The largest absolute Gasteiger partial charge is 0.378 e. The van der Waals surface area contributed by atoms with E-state index in [1.165, 1.54) is 0 Å². The molecule has 1 aromatic rings. The lowest BCUT2D eigenvalue weighted by atomic mass is 10.2. The maximum Gasteiger partial charge on any atom is 0.251 e. The van der Waals surface area contributed by atoms with E-state index in [0.717, 1.165) is 12.1 Å². The molecule has 0 atom stereocenters. The van der Waals surface area contributed by atoms with Crippen molar-refractivity contribution in [2.24, 2.45) is 5.73 Å². The zero-order chi connectivity index (χ0) is 12.7. The van der Waals surface area contributed by atoms with E-state index in [1.54, 1.807) is 0 Å².